The monoisotopic (exact) mass is 356 g/mol. The van der Waals surface area contributed by atoms with Crippen molar-refractivity contribution in [1.82, 2.24) is 20.4 Å². The molecule has 138 valence electrons. The molecule has 0 saturated carbocycles. The Kier molecular flexibility index (Phi) is 4.88. The second kappa shape index (κ2) is 7.45. The number of ether oxygens (including phenoxy) is 1. The topological polar surface area (TPSA) is 80.5 Å². The maximum Gasteiger partial charge on any atom is 0.318 e. The van der Waals surface area contributed by atoms with Gasteiger partial charge >= 0.3 is 6.03 Å². The van der Waals surface area contributed by atoms with Crippen LogP contribution in [0.5, 0.6) is 0 Å². The quantitative estimate of drug-likeness (QED) is 0.910. The molecule has 0 unspecified atom stereocenters. The molecule has 26 heavy (non-hydrogen) atoms. The number of hydrogen-bond donors (Lipinski definition) is 1. The fourth-order valence-corrected chi connectivity index (χ4v) is 3.65. The fourth-order valence-electron chi connectivity index (χ4n) is 3.65. The number of nitrogens with zero attached hydrogens (tertiary/aromatic N) is 3. The summed E-state index contributed by atoms with van der Waals surface area (Å²) in [6.07, 6.45) is 3.98. The van der Waals surface area contributed by atoms with E-state index in [0.717, 1.165) is 43.4 Å². The lowest BCUT2D eigenvalue weighted by atomic mass is 10.1. The highest BCUT2D eigenvalue weighted by atomic mass is 16.5. The fraction of sp³-hybridized carbons (Fsp3) is 0.526. The number of rotatable bonds is 4. The molecule has 1 aromatic carbocycles. The Morgan fingerprint density at radius 3 is 3.08 bits per heavy atom. The van der Waals surface area contributed by atoms with E-state index in [1.165, 1.54) is 0 Å². The molecule has 0 radical (unpaired) electrons. The van der Waals surface area contributed by atoms with Gasteiger partial charge in [0.15, 0.2) is 0 Å². The summed E-state index contributed by atoms with van der Waals surface area (Å²) in [6, 6.07) is 7.74. The predicted molar refractivity (Wildman–Crippen MR) is 95.5 cm³/mol. The number of amides is 2. The second-order valence-corrected chi connectivity index (χ2v) is 7.00. The van der Waals surface area contributed by atoms with Crippen LogP contribution in [0.4, 0.5) is 4.79 Å². The number of carbonyl (C=O) groups excluding carboxylic acids is 1. The molecular weight excluding hydrogens is 332 g/mol. The van der Waals surface area contributed by atoms with Crippen molar-refractivity contribution in [2.45, 2.75) is 44.8 Å². The molecule has 2 fully saturated rings. The van der Waals surface area contributed by atoms with Crippen LogP contribution in [-0.2, 0) is 4.74 Å². The largest absolute Gasteiger partial charge is 0.376 e. The number of hydrogen-bond acceptors (Lipinski definition) is 5. The SMILES string of the molecule is Cc1cccc(-c2noc([C@@H]3CCCN3C(=O)NC[C@@H]3CCCO3)n2)c1. The van der Waals surface area contributed by atoms with E-state index in [1.807, 2.05) is 31.2 Å². The van der Waals surface area contributed by atoms with Crippen LogP contribution in [-0.4, -0.2) is 46.9 Å². The summed E-state index contributed by atoms with van der Waals surface area (Å²) in [4.78, 5) is 18.9. The van der Waals surface area contributed by atoms with Crippen LogP contribution in [0.15, 0.2) is 28.8 Å². The molecule has 2 aliphatic heterocycles. The average Bonchev–Trinajstić information content (AvgIpc) is 3.40. The van der Waals surface area contributed by atoms with Crippen LogP contribution in [0.2, 0.25) is 0 Å². The number of carbonyl (C=O) groups is 1. The molecule has 7 nitrogen and oxygen atoms in total. The molecule has 2 aromatic rings. The third kappa shape index (κ3) is 3.58. The maximum atomic E-state index is 12.6. The maximum absolute atomic E-state index is 12.6. The average molecular weight is 356 g/mol. The molecule has 1 aromatic heterocycles. The molecule has 3 heterocycles. The Bertz CT molecular complexity index is 770. The summed E-state index contributed by atoms with van der Waals surface area (Å²) >= 11 is 0. The van der Waals surface area contributed by atoms with Gasteiger partial charge in [0.25, 0.3) is 0 Å². The van der Waals surface area contributed by atoms with Crippen molar-refractivity contribution in [3.05, 3.63) is 35.7 Å². The summed E-state index contributed by atoms with van der Waals surface area (Å²) in [5, 5.41) is 7.09. The molecule has 0 bridgehead atoms. The first-order chi connectivity index (χ1) is 12.7. The van der Waals surface area contributed by atoms with Crippen LogP contribution in [0.1, 0.15) is 43.2 Å². The van der Waals surface area contributed by atoms with Gasteiger partial charge in [-0.25, -0.2) is 4.79 Å². The van der Waals surface area contributed by atoms with Crippen molar-refractivity contribution in [3.8, 4) is 11.4 Å². The van der Waals surface area contributed by atoms with Crippen molar-refractivity contribution in [2.75, 3.05) is 19.7 Å². The third-order valence-corrected chi connectivity index (χ3v) is 5.02. The van der Waals surface area contributed by atoms with Gasteiger partial charge in [0.1, 0.15) is 6.04 Å². The van der Waals surface area contributed by atoms with E-state index in [-0.39, 0.29) is 18.2 Å². The summed E-state index contributed by atoms with van der Waals surface area (Å²) in [5.74, 6) is 1.07. The molecular formula is C19H24N4O3. The smallest absolute Gasteiger partial charge is 0.318 e. The molecule has 2 saturated heterocycles. The summed E-state index contributed by atoms with van der Waals surface area (Å²) in [7, 11) is 0. The Morgan fingerprint density at radius 2 is 2.27 bits per heavy atom. The van der Waals surface area contributed by atoms with Crippen molar-refractivity contribution >= 4 is 6.03 Å². The lowest BCUT2D eigenvalue weighted by molar-refractivity contribution is 0.108. The minimum Gasteiger partial charge on any atom is -0.376 e. The van der Waals surface area contributed by atoms with Crippen molar-refractivity contribution < 1.29 is 14.1 Å². The third-order valence-electron chi connectivity index (χ3n) is 5.02. The normalized spacial score (nSPS) is 22.7. The van der Waals surface area contributed by atoms with Gasteiger partial charge in [-0.05, 0) is 38.7 Å². The predicted octanol–water partition coefficient (Wildman–Crippen LogP) is 3.07. The van der Waals surface area contributed by atoms with E-state index >= 15 is 0 Å². The van der Waals surface area contributed by atoms with Gasteiger partial charge < -0.3 is 19.5 Å². The highest BCUT2D eigenvalue weighted by molar-refractivity contribution is 5.75. The number of urea groups is 1. The summed E-state index contributed by atoms with van der Waals surface area (Å²) in [5.41, 5.74) is 2.07. The van der Waals surface area contributed by atoms with Crippen molar-refractivity contribution in [3.63, 3.8) is 0 Å². The van der Waals surface area contributed by atoms with Crippen LogP contribution in [0.3, 0.4) is 0 Å². The van der Waals surface area contributed by atoms with Gasteiger partial charge in [0.2, 0.25) is 11.7 Å². The number of nitrogens with one attached hydrogen (secondary N) is 1. The first-order valence-electron chi connectivity index (χ1n) is 9.27. The van der Waals surface area contributed by atoms with Crippen LogP contribution in [0, 0.1) is 6.92 Å². The van der Waals surface area contributed by atoms with Crippen LogP contribution < -0.4 is 5.32 Å². The van der Waals surface area contributed by atoms with Crippen LogP contribution >= 0.6 is 0 Å². The first kappa shape index (κ1) is 17.0. The molecule has 2 aliphatic rings. The molecule has 0 aliphatic carbocycles. The lowest BCUT2D eigenvalue weighted by Gasteiger charge is -2.23. The Hall–Kier alpha value is -2.41. The number of aryl methyl sites for hydroxylation is 1. The second-order valence-electron chi connectivity index (χ2n) is 7.00. The zero-order valence-electron chi connectivity index (χ0n) is 15.0. The first-order valence-corrected chi connectivity index (χ1v) is 9.27. The van der Waals surface area contributed by atoms with Crippen molar-refractivity contribution in [1.29, 1.82) is 0 Å². The number of benzene rings is 1. The van der Waals surface area contributed by atoms with Crippen LogP contribution in [0.25, 0.3) is 11.4 Å². The molecule has 1 N–H and O–H groups in total. The number of likely N-dealkylation sites (tertiary alicyclic amines) is 1. The van der Waals surface area contributed by atoms with Gasteiger partial charge in [-0.1, -0.05) is 28.9 Å². The Labute approximate surface area is 152 Å². The standard InChI is InChI=1S/C19H24N4O3/c1-13-5-2-6-14(11-13)17-21-18(26-22-17)16-8-3-9-23(16)19(24)20-12-15-7-4-10-25-15/h2,5-6,11,15-16H,3-4,7-10,12H2,1H3,(H,20,24)/t15-,16-/m0/s1. The van der Waals surface area contributed by atoms with E-state index in [4.69, 9.17) is 9.26 Å². The van der Waals surface area contributed by atoms with E-state index in [9.17, 15) is 4.79 Å². The summed E-state index contributed by atoms with van der Waals surface area (Å²) in [6.45, 7) is 4.07. The highest BCUT2D eigenvalue weighted by Crippen LogP contribution is 2.32. The van der Waals surface area contributed by atoms with E-state index in [1.54, 1.807) is 4.90 Å². The van der Waals surface area contributed by atoms with Crippen molar-refractivity contribution in [2.24, 2.45) is 0 Å². The molecule has 7 heteroatoms. The molecule has 0 spiro atoms. The molecule has 4 rings (SSSR count). The highest BCUT2D eigenvalue weighted by Gasteiger charge is 2.34. The minimum atomic E-state index is -0.162. The van der Waals surface area contributed by atoms with Gasteiger partial charge in [-0.15, -0.1) is 0 Å². The number of aromatic nitrogens is 2. The Balaban J connectivity index is 1.43. The van der Waals surface area contributed by atoms with Gasteiger partial charge in [-0.3, -0.25) is 0 Å². The van der Waals surface area contributed by atoms with Gasteiger partial charge in [0.05, 0.1) is 6.10 Å². The minimum absolute atomic E-state index is 0.0849. The Morgan fingerprint density at radius 1 is 1.35 bits per heavy atom. The van der Waals surface area contributed by atoms with Gasteiger partial charge in [-0.2, -0.15) is 4.98 Å². The zero-order valence-corrected chi connectivity index (χ0v) is 15.0. The molecule has 2 amide bonds. The van der Waals surface area contributed by atoms with Gasteiger partial charge in [0, 0.05) is 25.3 Å². The van der Waals surface area contributed by atoms with E-state index in [0.29, 0.717) is 24.8 Å². The summed E-state index contributed by atoms with van der Waals surface area (Å²) < 4.78 is 11.1. The van der Waals surface area contributed by atoms with E-state index < -0.39 is 0 Å². The van der Waals surface area contributed by atoms with E-state index in [2.05, 4.69) is 15.5 Å². The zero-order chi connectivity index (χ0) is 17.9. The molecule has 2 atom stereocenters. The lowest BCUT2D eigenvalue weighted by Crippen LogP contribution is -2.42.